The van der Waals surface area contributed by atoms with Gasteiger partial charge in [0.15, 0.2) is 0 Å². The summed E-state index contributed by atoms with van der Waals surface area (Å²) >= 11 is 0. The zero-order valence-electron chi connectivity index (χ0n) is 9.60. The smallest absolute Gasteiger partial charge is 0.325 e. The van der Waals surface area contributed by atoms with Crippen LogP contribution in [0, 0.1) is 0 Å². The van der Waals surface area contributed by atoms with Crippen molar-refractivity contribution < 1.29 is 19.4 Å². The minimum atomic E-state index is -1.03. The highest BCUT2D eigenvalue weighted by Gasteiger charge is 2.33. The summed E-state index contributed by atoms with van der Waals surface area (Å²) in [6, 6.07) is -0.943. The van der Waals surface area contributed by atoms with Crippen molar-refractivity contribution in [1.29, 1.82) is 0 Å². The van der Waals surface area contributed by atoms with Crippen LogP contribution in [0.1, 0.15) is 19.8 Å². The van der Waals surface area contributed by atoms with E-state index in [1.807, 2.05) is 0 Å². The van der Waals surface area contributed by atoms with E-state index in [1.165, 1.54) is 6.92 Å². The summed E-state index contributed by atoms with van der Waals surface area (Å²) < 4.78 is 4.91. The standard InChI is InChI=1S/C10H18N2O4/c1-7(9(13)14)11-10(15)12(5-6-16-2)8-3-4-8/h7-8H,3-6H2,1-2H3,(H,11,15)(H,13,14)/t7-/m0/s1. The summed E-state index contributed by atoms with van der Waals surface area (Å²) in [6.07, 6.45) is 1.97. The van der Waals surface area contributed by atoms with Gasteiger partial charge in [-0.3, -0.25) is 4.79 Å². The lowest BCUT2D eigenvalue weighted by Crippen LogP contribution is -2.48. The van der Waals surface area contributed by atoms with E-state index >= 15 is 0 Å². The molecule has 6 heteroatoms. The lowest BCUT2D eigenvalue weighted by molar-refractivity contribution is -0.138. The second-order valence-electron chi connectivity index (χ2n) is 3.93. The third-order valence-corrected chi connectivity index (χ3v) is 2.50. The van der Waals surface area contributed by atoms with Gasteiger partial charge in [0.25, 0.3) is 0 Å². The molecule has 0 aliphatic heterocycles. The van der Waals surface area contributed by atoms with E-state index in [0.29, 0.717) is 13.2 Å². The summed E-state index contributed by atoms with van der Waals surface area (Å²) in [5.41, 5.74) is 0. The molecule has 0 aromatic heterocycles. The number of carbonyl (C=O) groups excluding carboxylic acids is 1. The maximum Gasteiger partial charge on any atom is 0.325 e. The molecule has 0 radical (unpaired) electrons. The SMILES string of the molecule is COCCN(C(=O)N[C@@H](C)C(=O)O)C1CC1. The van der Waals surface area contributed by atoms with Crippen LogP contribution in [-0.2, 0) is 9.53 Å². The molecular formula is C10H18N2O4. The fraction of sp³-hybridized carbons (Fsp3) is 0.800. The number of nitrogens with one attached hydrogen (secondary N) is 1. The largest absolute Gasteiger partial charge is 0.480 e. The second kappa shape index (κ2) is 5.69. The van der Waals surface area contributed by atoms with Gasteiger partial charge in [-0.2, -0.15) is 0 Å². The Morgan fingerprint density at radius 1 is 1.56 bits per heavy atom. The molecule has 1 fully saturated rings. The van der Waals surface area contributed by atoms with E-state index < -0.39 is 12.0 Å². The Balaban J connectivity index is 2.43. The van der Waals surface area contributed by atoms with Gasteiger partial charge in [0, 0.05) is 19.7 Å². The van der Waals surface area contributed by atoms with Gasteiger partial charge in [0.1, 0.15) is 6.04 Å². The van der Waals surface area contributed by atoms with Crippen LogP contribution in [-0.4, -0.2) is 54.4 Å². The van der Waals surface area contributed by atoms with Gasteiger partial charge in [0.05, 0.1) is 6.61 Å². The molecule has 1 aliphatic rings. The molecule has 1 aliphatic carbocycles. The highest BCUT2D eigenvalue weighted by atomic mass is 16.5. The zero-order chi connectivity index (χ0) is 12.1. The molecule has 92 valence electrons. The second-order valence-corrected chi connectivity index (χ2v) is 3.93. The minimum Gasteiger partial charge on any atom is -0.480 e. The number of hydrogen-bond donors (Lipinski definition) is 2. The van der Waals surface area contributed by atoms with Gasteiger partial charge in [-0.1, -0.05) is 0 Å². The van der Waals surface area contributed by atoms with E-state index in [2.05, 4.69) is 5.32 Å². The normalized spacial score (nSPS) is 16.6. The lowest BCUT2D eigenvalue weighted by Gasteiger charge is -2.23. The first-order valence-corrected chi connectivity index (χ1v) is 5.35. The number of urea groups is 1. The third kappa shape index (κ3) is 3.69. The lowest BCUT2D eigenvalue weighted by atomic mass is 10.3. The first kappa shape index (κ1) is 12.8. The van der Waals surface area contributed by atoms with Crippen molar-refractivity contribution in [3.8, 4) is 0 Å². The molecule has 2 amide bonds. The molecule has 16 heavy (non-hydrogen) atoms. The van der Waals surface area contributed by atoms with Crippen molar-refractivity contribution in [3.63, 3.8) is 0 Å². The maximum absolute atomic E-state index is 11.7. The average molecular weight is 230 g/mol. The van der Waals surface area contributed by atoms with Gasteiger partial charge < -0.3 is 20.1 Å². The Bertz CT molecular complexity index is 266. The average Bonchev–Trinajstić information content (AvgIpc) is 3.02. The number of carbonyl (C=O) groups is 2. The van der Waals surface area contributed by atoms with Crippen LogP contribution in [0.4, 0.5) is 4.79 Å². The van der Waals surface area contributed by atoms with Gasteiger partial charge in [-0.05, 0) is 19.8 Å². The molecule has 1 atom stereocenters. The highest BCUT2D eigenvalue weighted by molar-refractivity contribution is 5.82. The first-order chi connectivity index (χ1) is 7.56. The topological polar surface area (TPSA) is 78.9 Å². The van der Waals surface area contributed by atoms with Crippen LogP contribution in [0.5, 0.6) is 0 Å². The fourth-order valence-electron chi connectivity index (χ4n) is 1.36. The zero-order valence-corrected chi connectivity index (χ0v) is 9.60. The van der Waals surface area contributed by atoms with E-state index in [4.69, 9.17) is 9.84 Å². The van der Waals surface area contributed by atoms with Gasteiger partial charge >= 0.3 is 12.0 Å². The van der Waals surface area contributed by atoms with Crippen molar-refractivity contribution in [2.45, 2.75) is 31.8 Å². The Labute approximate surface area is 94.6 Å². The summed E-state index contributed by atoms with van der Waals surface area (Å²) in [6.45, 7) is 2.41. The van der Waals surface area contributed by atoms with E-state index in [0.717, 1.165) is 12.8 Å². The van der Waals surface area contributed by atoms with Gasteiger partial charge in [-0.25, -0.2) is 4.79 Å². The maximum atomic E-state index is 11.7. The van der Waals surface area contributed by atoms with E-state index in [1.54, 1.807) is 12.0 Å². The number of hydrogen-bond acceptors (Lipinski definition) is 3. The predicted octanol–water partition coefficient (Wildman–Crippen LogP) is 0.280. The highest BCUT2D eigenvalue weighted by Crippen LogP contribution is 2.26. The van der Waals surface area contributed by atoms with Crippen LogP contribution in [0.25, 0.3) is 0 Å². The Hall–Kier alpha value is -1.30. The van der Waals surface area contributed by atoms with Crippen LogP contribution >= 0.6 is 0 Å². The number of methoxy groups -OCH3 is 1. The monoisotopic (exact) mass is 230 g/mol. The number of aliphatic carboxylic acids is 1. The van der Waals surface area contributed by atoms with Crippen molar-refractivity contribution in [2.75, 3.05) is 20.3 Å². The van der Waals surface area contributed by atoms with Crippen LogP contribution < -0.4 is 5.32 Å². The fourth-order valence-corrected chi connectivity index (χ4v) is 1.36. The molecule has 6 nitrogen and oxygen atoms in total. The number of ether oxygens (including phenoxy) is 1. The molecule has 1 saturated carbocycles. The Kier molecular flexibility index (Phi) is 4.54. The first-order valence-electron chi connectivity index (χ1n) is 5.35. The van der Waals surface area contributed by atoms with Crippen LogP contribution in [0.3, 0.4) is 0 Å². The van der Waals surface area contributed by atoms with E-state index in [9.17, 15) is 9.59 Å². The Morgan fingerprint density at radius 3 is 2.62 bits per heavy atom. The quantitative estimate of drug-likeness (QED) is 0.687. The van der Waals surface area contributed by atoms with Gasteiger partial charge in [0.2, 0.25) is 0 Å². The predicted molar refractivity (Wildman–Crippen MR) is 57.2 cm³/mol. The molecular weight excluding hydrogens is 212 g/mol. The summed E-state index contributed by atoms with van der Waals surface area (Å²) in [5.74, 6) is -1.03. The molecule has 2 N–H and O–H groups in total. The number of carboxylic acid groups (broad SMARTS) is 1. The van der Waals surface area contributed by atoms with Crippen molar-refractivity contribution in [1.82, 2.24) is 10.2 Å². The van der Waals surface area contributed by atoms with Crippen molar-refractivity contribution in [2.24, 2.45) is 0 Å². The summed E-state index contributed by atoms with van der Waals surface area (Å²) in [7, 11) is 1.57. The van der Waals surface area contributed by atoms with Crippen molar-refractivity contribution >= 4 is 12.0 Å². The molecule has 0 aromatic rings. The van der Waals surface area contributed by atoms with Crippen molar-refractivity contribution in [3.05, 3.63) is 0 Å². The number of carboxylic acids is 1. The number of rotatable bonds is 6. The van der Waals surface area contributed by atoms with E-state index in [-0.39, 0.29) is 12.1 Å². The molecule has 0 heterocycles. The number of nitrogens with zero attached hydrogens (tertiary/aromatic N) is 1. The van der Waals surface area contributed by atoms with Crippen LogP contribution in [0.2, 0.25) is 0 Å². The molecule has 0 aromatic carbocycles. The Morgan fingerprint density at radius 2 is 2.19 bits per heavy atom. The van der Waals surface area contributed by atoms with Crippen LogP contribution in [0.15, 0.2) is 0 Å². The summed E-state index contributed by atoms with van der Waals surface area (Å²) in [5, 5.41) is 11.1. The molecule has 0 unspecified atom stereocenters. The molecule has 0 spiro atoms. The third-order valence-electron chi connectivity index (χ3n) is 2.50. The molecule has 0 saturated heterocycles. The number of amides is 2. The summed E-state index contributed by atoms with van der Waals surface area (Å²) in [4.78, 5) is 24.0. The molecule has 0 bridgehead atoms. The minimum absolute atomic E-state index is 0.246. The van der Waals surface area contributed by atoms with Gasteiger partial charge in [-0.15, -0.1) is 0 Å². The molecule has 1 rings (SSSR count).